The zero-order valence-electron chi connectivity index (χ0n) is 18.4. The number of carbonyl (C=O) groups excluding carboxylic acids is 1. The van der Waals surface area contributed by atoms with Crippen molar-refractivity contribution in [2.75, 3.05) is 5.32 Å². The molecule has 0 bridgehead atoms. The molecule has 0 aliphatic rings. The van der Waals surface area contributed by atoms with Crippen molar-refractivity contribution < 1.29 is 4.79 Å². The van der Waals surface area contributed by atoms with Crippen LogP contribution in [0.5, 0.6) is 0 Å². The van der Waals surface area contributed by atoms with E-state index in [0.29, 0.717) is 38.7 Å². The summed E-state index contributed by atoms with van der Waals surface area (Å²) in [5.41, 5.74) is 3.15. The monoisotopic (exact) mass is 445 g/mol. The maximum absolute atomic E-state index is 13.1. The molecule has 0 aliphatic carbocycles. The topological polar surface area (TPSA) is 64.0 Å². The third-order valence-corrected chi connectivity index (χ3v) is 5.74. The zero-order valence-corrected chi connectivity index (χ0v) is 19.2. The number of amides is 1. The van der Waals surface area contributed by atoms with Crippen LogP contribution in [0.25, 0.3) is 16.6 Å². The lowest BCUT2D eigenvalue weighted by Gasteiger charge is -2.19. The molecule has 4 aromatic rings. The number of nitrogens with one attached hydrogen (secondary N) is 1. The molecule has 0 fully saturated rings. The lowest BCUT2D eigenvalue weighted by Crippen LogP contribution is -2.22. The van der Waals surface area contributed by atoms with Gasteiger partial charge in [-0.1, -0.05) is 56.6 Å². The van der Waals surface area contributed by atoms with E-state index in [-0.39, 0.29) is 16.9 Å². The molecule has 32 heavy (non-hydrogen) atoms. The SMILES string of the molecule is Cc1nc2ccccc2c(=O)n1-c1ccc(Cl)c(NC(=O)c2ccc(C(C)(C)C)cc2)c1. The average Bonchev–Trinajstić information content (AvgIpc) is 2.75. The van der Waals surface area contributed by atoms with Crippen LogP contribution in [0.3, 0.4) is 0 Å². The highest BCUT2D eigenvalue weighted by Gasteiger charge is 2.16. The number of anilines is 1. The predicted octanol–water partition coefficient (Wildman–Crippen LogP) is 5.90. The Kier molecular flexibility index (Phi) is 5.61. The Bertz CT molecular complexity index is 1380. The number of hydrogen-bond donors (Lipinski definition) is 1. The number of aromatic nitrogens is 2. The molecule has 1 amide bonds. The molecule has 0 saturated carbocycles. The van der Waals surface area contributed by atoms with Crippen molar-refractivity contribution in [2.45, 2.75) is 33.1 Å². The molecule has 6 heteroatoms. The van der Waals surface area contributed by atoms with Gasteiger partial charge in [-0.05, 0) is 60.4 Å². The van der Waals surface area contributed by atoms with Crippen molar-refractivity contribution in [3.63, 3.8) is 0 Å². The normalized spacial score (nSPS) is 11.5. The lowest BCUT2D eigenvalue weighted by atomic mass is 9.87. The number of carbonyl (C=O) groups is 1. The smallest absolute Gasteiger partial charge is 0.265 e. The number of para-hydroxylation sites is 1. The molecule has 0 atom stereocenters. The van der Waals surface area contributed by atoms with Crippen LogP contribution < -0.4 is 10.9 Å². The number of nitrogens with zero attached hydrogens (tertiary/aromatic N) is 2. The maximum Gasteiger partial charge on any atom is 0.265 e. The summed E-state index contributed by atoms with van der Waals surface area (Å²) in [4.78, 5) is 30.5. The van der Waals surface area contributed by atoms with Crippen LogP contribution >= 0.6 is 11.6 Å². The van der Waals surface area contributed by atoms with Gasteiger partial charge in [0.1, 0.15) is 5.82 Å². The number of benzene rings is 3. The fourth-order valence-corrected chi connectivity index (χ4v) is 3.78. The highest BCUT2D eigenvalue weighted by atomic mass is 35.5. The number of hydrogen-bond acceptors (Lipinski definition) is 3. The van der Waals surface area contributed by atoms with Gasteiger partial charge in [0.25, 0.3) is 11.5 Å². The van der Waals surface area contributed by atoms with Gasteiger partial charge in [-0.3, -0.25) is 14.2 Å². The molecular formula is C26H24ClN3O2. The second-order valence-electron chi connectivity index (χ2n) is 8.76. The van der Waals surface area contributed by atoms with Crippen LogP contribution in [-0.4, -0.2) is 15.5 Å². The largest absolute Gasteiger partial charge is 0.321 e. The van der Waals surface area contributed by atoms with Crippen molar-refractivity contribution in [2.24, 2.45) is 0 Å². The van der Waals surface area contributed by atoms with Crippen LogP contribution in [0, 0.1) is 6.92 Å². The quantitative estimate of drug-likeness (QED) is 0.427. The fraction of sp³-hybridized carbons (Fsp3) is 0.192. The van der Waals surface area contributed by atoms with Crippen LogP contribution in [-0.2, 0) is 5.41 Å². The summed E-state index contributed by atoms with van der Waals surface area (Å²) >= 11 is 6.36. The number of fused-ring (bicyclic) bond motifs is 1. The Labute approximate surface area is 191 Å². The highest BCUT2D eigenvalue weighted by Crippen LogP contribution is 2.27. The van der Waals surface area contributed by atoms with Gasteiger partial charge in [-0.25, -0.2) is 4.98 Å². The van der Waals surface area contributed by atoms with E-state index in [1.807, 2.05) is 30.3 Å². The third-order valence-electron chi connectivity index (χ3n) is 5.41. The minimum Gasteiger partial charge on any atom is -0.321 e. The second-order valence-corrected chi connectivity index (χ2v) is 9.17. The second kappa shape index (κ2) is 8.24. The van der Waals surface area contributed by atoms with E-state index in [1.54, 1.807) is 43.3 Å². The number of halogens is 1. The predicted molar refractivity (Wildman–Crippen MR) is 130 cm³/mol. The molecule has 0 saturated heterocycles. The van der Waals surface area contributed by atoms with Gasteiger partial charge in [0, 0.05) is 5.56 Å². The van der Waals surface area contributed by atoms with Crippen molar-refractivity contribution in [3.05, 3.63) is 99.1 Å². The summed E-state index contributed by atoms with van der Waals surface area (Å²) < 4.78 is 1.52. The fourth-order valence-electron chi connectivity index (χ4n) is 3.61. The van der Waals surface area contributed by atoms with E-state index >= 15 is 0 Å². The van der Waals surface area contributed by atoms with Gasteiger partial charge in [-0.2, -0.15) is 0 Å². The standard InChI is InChI=1S/C26H24ClN3O2/c1-16-28-22-8-6-5-7-20(22)25(32)30(16)19-13-14-21(27)23(15-19)29-24(31)17-9-11-18(12-10-17)26(2,3)4/h5-15H,1-4H3,(H,29,31). The Hall–Kier alpha value is -3.44. The first-order valence-electron chi connectivity index (χ1n) is 10.4. The average molecular weight is 446 g/mol. The summed E-state index contributed by atoms with van der Waals surface area (Å²) in [5.74, 6) is 0.274. The molecular weight excluding hydrogens is 422 g/mol. The Morgan fingerprint density at radius 2 is 1.69 bits per heavy atom. The molecule has 162 valence electrons. The van der Waals surface area contributed by atoms with Crippen molar-refractivity contribution >= 4 is 34.1 Å². The van der Waals surface area contributed by atoms with E-state index < -0.39 is 0 Å². The van der Waals surface area contributed by atoms with Crippen LogP contribution in [0.1, 0.15) is 42.5 Å². The summed E-state index contributed by atoms with van der Waals surface area (Å²) in [5, 5.41) is 3.77. The van der Waals surface area contributed by atoms with E-state index in [2.05, 4.69) is 31.1 Å². The summed E-state index contributed by atoms with van der Waals surface area (Å²) in [6, 6.07) is 19.8. The van der Waals surface area contributed by atoms with Crippen molar-refractivity contribution in [1.82, 2.24) is 9.55 Å². The molecule has 5 nitrogen and oxygen atoms in total. The van der Waals surface area contributed by atoms with Crippen molar-refractivity contribution in [3.8, 4) is 5.69 Å². The molecule has 0 aliphatic heterocycles. The molecule has 1 aromatic heterocycles. The summed E-state index contributed by atoms with van der Waals surface area (Å²) in [6.07, 6.45) is 0. The Balaban J connectivity index is 1.69. The van der Waals surface area contributed by atoms with Gasteiger partial charge < -0.3 is 5.32 Å². The van der Waals surface area contributed by atoms with Gasteiger partial charge in [0.15, 0.2) is 0 Å². The maximum atomic E-state index is 13.1. The van der Waals surface area contributed by atoms with Gasteiger partial charge in [-0.15, -0.1) is 0 Å². The Morgan fingerprint density at radius 3 is 2.38 bits per heavy atom. The van der Waals surface area contributed by atoms with Crippen LogP contribution in [0.2, 0.25) is 5.02 Å². The van der Waals surface area contributed by atoms with Crippen LogP contribution in [0.15, 0.2) is 71.5 Å². The molecule has 0 spiro atoms. The number of rotatable bonds is 3. The summed E-state index contributed by atoms with van der Waals surface area (Å²) in [6.45, 7) is 8.15. The highest BCUT2D eigenvalue weighted by molar-refractivity contribution is 6.34. The van der Waals surface area contributed by atoms with E-state index in [1.165, 1.54) is 4.57 Å². The number of aryl methyl sites for hydroxylation is 1. The first-order chi connectivity index (χ1) is 15.1. The Morgan fingerprint density at radius 1 is 1.00 bits per heavy atom. The molecule has 0 unspecified atom stereocenters. The summed E-state index contributed by atoms with van der Waals surface area (Å²) in [7, 11) is 0. The van der Waals surface area contributed by atoms with Gasteiger partial charge >= 0.3 is 0 Å². The zero-order chi connectivity index (χ0) is 23.0. The van der Waals surface area contributed by atoms with Gasteiger partial charge in [0.05, 0.1) is 27.3 Å². The van der Waals surface area contributed by atoms with Crippen molar-refractivity contribution in [1.29, 1.82) is 0 Å². The lowest BCUT2D eigenvalue weighted by molar-refractivity contribution is 0.102. The third kappa shape index (κ3) is 4.16. The van der Waals surface area contributed by atoms with E-state index in [4.69, 9.17) is 11.6 Å². The molecule has 4 rings (SSSR count). The first kappa shape index (κ1) is 21.8. The molecule has 3 aromatic carbocycles. The minimum absolute atomic E-state index is 0.00561. The van der Waals surface area contributed by atoms with Gasteiger partial charge in [0.2, 0.25) is 0 Å². The molecule has 0 radical (unpaired) electrons. The first-order valence-corrected chi connectivity index (χ1v) is 10.7. The molecule has 1 N–H and O–H groups in total. The van der Waals surface area contributed by atoms with E-state index in [0.717, 1.165) is 5.56 Å². The van der Waals surface area contributed by atoms with E-state index in [9.17, 15) is 9.59 Å². The molecule has 1 heterocycles. The minimum atomic E-state index is -0.273. The van der Waals surface area contributed by atoms with Crippen LogP contribution in [0.4, 0.5) is 5.69 Å².